The van der Waals surface area contributed by atoms with Gasteiger partial charge in [0.15, 0.2) is 0 Å². The first kappa shape index (κ1) is 11.5. The number of hydrogen-bond donors (Lipinski definition) is 1. The van der Waals surface area contributed by atoms with E-state index in [1.807, 2.05) is 11.9 Å². The van der Waals surface area contributed by atoms with Crippen molar-refractivity contribution in [3.63, 3.8) is 0 Å². The molecular weight excluding hydrogens is 176 g/mol. The van der Waals surface area contributed by atoms with Gasteiger partial charge < -0.3 is 10.6 Å². The molecule has 0 aromatic carbocycles. The van der Waals surface area contributed by atoms with Gasteiger partial charge in [-0.25, -0.2) is 0 Å². The van der Waals surface area contributed by atoms with E-state index in [4.69, 9.17) is 5.73 Å². The zero-order valence-electron chi connectivity index (χ0n) is 9.55. The van der Waals surface area contributed by atoms with Gasteiger partial charge >= 0.3 is 0 Å². The number of hydrogen-bond acceptors (Lipinski definition) is 2. The Morgan fingerprint density at radius 1 is 1.29 bits per heavy atom. The van der Waals surface area contributed by atoms with Crippen LogP contribution < -0.4 is 5.73 Å². The number of nitrogens with zero attached hydrogens (tertiary/aromatic N) is 1. The summed E-state index contributed by atoms with van der Waals surface area (Å²) in [4.78, 5) is 13.7. The summed E-state index contributed by atoms with van der Waals surface area (Å²) in [6, 6.07) is 0.416. The van der Waals surface area contributed by atoms with Gasteiger partial charge in [-0.05, 0) is 26.7 Å². The minimum Gasteiger partial charge on any atom is -0.341 e. The molecular formula is C11H22N2O. The number of nitrogens with two attached hydrogens (primary N) is 1. The molecule has 0 aliphatic heterocycles. The average molecular weight is 198 g/mol. The van der Waals surface area contributed by atoms with Crippen molar-refractivity contribution < 1.29 is 4.79 Å². The summed E-state index contributed by atoms with van der Waals surface area (Å²) in [5.41, 5.74) is 5.07. The Morgan fingerprint density at radius 3 is 2.21 bits per heavy atom. The number of carbonyl (C=O) groups is 1. The van der Waals surface area contributed by atoms with Gasteiger partial charge in [0.2, 0.25) is 5.91 Å². The Kier molecular flexibility index (Phi) is 3.53. The molecule has 14 heavy (non-hydrogen) atoms. The highest BCUT2D eigenvalue weighted by Crippen LogP contribution is 2.22. The van der Waals surface area contributed by atoms with Gasteiger partial charge in [-0.2, -0.15) is 0 Å². The third-order valence-electron chi connectivity index (χ3n) is 2.99. The summed E-state index contributed by atoms with van der Waals surface area (Å²) in [6.45, 7) is 3.54. The molecule has 1 aliphatic rings. The standard InChI is InChI=1S/C11H22N2O/c1-11(2,12)10(14)13(3)9-7-5-4-6-8-9/h9H,4-8,12H2,1-3H3. The molecule has 0 aromatic rings. The lowest BCUT2D eigenvalue weighted by Crippen LogP contribution is -2.53. The van der Waals surface area contributed by atoms with E-state index in [2.05, 4.69) is 0 Å². The molecule has 0 bridgehead atoms. The molecule has 1 aliphatic carbocycles. The molecule has 1 rings (SSSR count). The molecule has 0 aromatic heterocycles. The van der Waals surface area contributed by atoms with Gasteiger partial charge in [0.1, 0.15) is 0 Å². The largest absolute Gasteiger partial charge is 0.341 e. The summed E-state index contributed by atoms with van der Waals surface area (Å²) < 4.78 is 0. The maximum absolute atomic E-state index is 11.9. The number of carbonyl (C=O) groups excluding carboxylic acids is 1. The molecule has 0 atom stereocenters. The van der Waals surface area contributed by atoms with Crippen molar-refractivity contribution in [2.24, 2.45) is 5.73 Å². The monoisotopic (exact) mass is 198 g/mol. The van der Waals surface area contributed by atoms with Crippen molar-refractivity contribution >= 4 is 5.91 Å². The maximum Gasteiger partial charge on any atom is 0.242 e. The van der Waals surface area contributed by atoms with Crippen molar-refractivity contribution in [3.8, 4) is 0 Å². The van der Waals surface area contributed by atoms with Crippen LogP contribution in [0.15, 0.2) is 0 Å². The van der Waals surface area contributed by atoms with E-state index < -0.39 is 5.54 Å². The third-order valence-corrected chi connectivity index (χ3v) is 2.99. The van der Waals surface area contributed by atoms with Crippen LogP contribution in [0.5, 0.6) is 0 Å². The summed E-state index contributed by atoms with van der Waals surface area (Å²) in [5, 5.41) is 0. The van der Waals surface area contributed by atoms with E-state index in [1.54, 1.807) is 13.8 Å². The van der Waals surface area contributed by atoms with Crippen molar-refractivity contribution in [1.82, 2.24) is 4.90 Å². The summed E-state index contributed by atoms with van der Waals surface area (Å²) >= 11 is 0. The van der Waals surface area contributed by atoms with Gasteiger partial charge in [0.05, 0.1) is 5.54 Å². The molecule has 0 radical (unpaired) electrons. The highest BCUT2D eigenvalue weighted by molar-refractivity contribution is 5.85. The van der Waals surface area contributed by atoms with Crippen LogP contribution in [0.25, 0.3) is 0 Å². The van der Waals surface area contributed by atoms with Crippen molar-refractivity contribution in [3.05, 3.63) is 0 Å². The Hall–Kier alpha value is -0.570. The van der Waals surface area contributed by atoms with Gasteiger partial charge in [-0.3, -0.25) is 4.79 Å². The predicted molar refractivity (Wildman–Crippen MR) is 57.9 cm³/mol. The van der Waals surface area contributed by atoms with Gasteiger partial charge in [-0.1, -0.05) is 19.3 Å². The lowest BCUT2D eigenvalue weighted by molar-refractivity contribution is -0.137. The van der Waals surface area contributed by atoms with Crippen LogP contribution in [0.4, 0.5) is 0 Å². The molecule has 1 saturated carbocycles. The van der Waals surface area contributed by atoms with E-state index in [9.17, 15) is 4.79 Å². The minimum absolute atomic E-state index is 0.0596. The first-order valence-electron chi connectivity index (χ1n) is 5.49. The Bertz CT molecular complexity index is 202. The molecule has 0 unspecified atom stereocenters. The Balaban J connectivity index is 2.55. The highest BCUT2D eigenvalue weighted by atomic mass is 16.2. The average Bonchev–Trinajstić information content (AvgIpc) is 2.15. The number of amides is 1. The minimum atomic E-state index is -0.730. The van der Waals surface area contributed by atoms with E-state index >= 15 is 0 Å². The van der Waals surface area contributed by atoms with Crippen LogP contribution in [0.3, 0.4) is 0 Å². The maximum atomic E-state index is 11.9. The summed E-state index contributed by atoms with van der Waals surface area (Å²) in [7, 11) is 1.88. The predicted octanol–water partition coefficient (Wildman–Crippen LogP) is 1.51. The number of rotatable bonds is 2. The second-order valence-electron chi connectivity index (χ2n) is 4.93. The first-order chi connectivity index (χ1) is 6.43. The molecule has 0 saturated heterocycles. The van der Waals surface area contributed by atoms with Crippen LogP contribution in [-0.2, 0) is 4.79 Å². The topological polar surface area (TPSA) is 46.3 Å². The smallest absolute Gasteiger partial charge is 0.242 e. The van der Waals surface area contributed by atoms with Crippen molar-refractivity contribution in [2.75, 3.05) is 7.05 Å². The van der Waals surface area contributed by atoms with E-state index in [0.717, 1.165) is 12.8 Å². The number of likely N-dealkylation sites (N-methyl/N-ethyl adjacent to an activating group) is 1. The molecule has 82 valence electrons. The zero-order chi connectivity index (χ0) is 10.8. The fraction of sp³-hybridized carbons (Fsp3) is 0.909. The highest BCUT2D eigenvalue weighted by Gasteiger charge is 2.30. The molecule has 3 heteroatoms. The fourth-order valence-corrected chi connectivity index (χ4v) is 2.09. The zero-order valence-corrected chi connectivity index (χ0v) is 9.55. The van der Waals surface area contributed by atoms with Crippen LogP contribution in [0.2, 0.25) is 0 Å². The molecule has 0 heterocycles. The fourth-order valence-electron chi connectivity index (χ4n) is 2.09. The summed E-state index contributed by atoms with van der Waals surface area (Å²) in [5.74, 6) is 0.0596. The second kappa shape index (κ2) is 4.30. The molecule has 1 amide bonds. The molecule has 0 spiro atoms. The SMILES string of the molecule is CN(C(=O)C(C)(C)N)C1CCCCC1. The first-order valence-corrected chi connectivity index (χ1v) is 5.49. The molecule has 3 nitrogen and oxygen atoms in total. The van der Waals surface area contributed by atoms with E-state index in [1.165, 1.54) is 19.3 Å². The summed E-state index contributed by atoms with van der Waals surface area (Å²) in [6.07, 6.45) is 6.07. The van der Waals surface area contributed by atoms with Crippen LogP contribution >= 0.6 is 0 Å². The second-order valence-corrected chi connectivity index (χ2v) is 4.93. The third kappa shape index (κ3) is 2.71. The normalized spacial score (nSPS) is 19.4. The van der Waals surface area contributed by atoms with Crippen LogP contribution in [0, 0.1) is 0 Å². The Morgan fingerprint density at radius 2 is 1.79 bits per heavy atom. The van der Waals surface area contributed by atoms with Crippen molar-refractivity contribution in [1.29, 1.82) is 0 Å². The quantitative estimate of drug-likeness (QED) is 0.731. The van der Waals surface area contributed by atoms with Crippen molar-refractivity contribution in [2.45, 2.75) is 57.5 Å². The molecule has 1 fully saturated rings. The Labute approximate surface area is 86.6 Å². The van der Waals surface area contributed by atoms with E-state index in [0.29, 0.717) is 6.04 Å². The lowest BCUT2D eigenvalue weighted by atomic mass is 9.93. The van der Waals surface area contributed by atoms with Crippen LogP contribution in [0.1, 0.15) is 46.0 Å². The lowest BCUT2D eigenvalue weighted by Gasteiger charge is -2.35. The van der Waals surface area contributed by atoms with Gasteiger partial charge in [0.25, 0.3) is 0 Å². The van der Waals surface area contributed by atoms with E-state index in [-0.39, 0.29) is 5.91 Å². The van der Waals surface area contributed by atoms with Crippen LogP contribution in [-0.4, -0.2) is 29.4 Å². The van der Waals surface area contributed by atoms with Gasteiger partial charge in [-0.15, -0.1) is 0 Å². The van der Waals surface area contributed by atoms with Gasteiger partial charge in [0, 0.05) is 13.1 Å². The molecule has 2 N–H and O–H groups in total.